The van der Waals surface area contributed by atoms with Crippen LogP contribution in [-0.2, 0) is 9.47 Å². The first-order valence-electron chi connectivity index (χ1n) is 6.84. The molecule has 0 unspecified atom stereocenters. The number of rotatable bonds is 3. The predicted octanol–water partition coefficient (Wildman–Crippen LogP) is 2.25. The van der Waals surface area contributed by atoms with Crippen molar-refractivity contribution in [2.75, 3.05) is 0 Å². The van der Waals surface area contributed by atoms with Crippen LogP contribution in [0.5, 0.6) is 0 Å². The molecule has 20 heavy (non-hydrogen) atoms. The number of carboxylic acid groups (broad SMARTS) is 1. The molecule has 1 N–H and O–H groups in total. The Balaban J connectivity index is 1.75. The number of benzene rings is 1. The topological polar surface area (TPSA) is 72.8 Å². The summed E-state index contributed by atoms with van der Waals surface area (Å²) in [6, 6.07) is 6.10. The maximum atomic E-state index is 12.2. The van der Waals surface area contributed by atoms with Gasteiger partial charge in [0.15, 0.2) is 0 Å². The van der Waals surface area contributed by atoms with Gasteiger partial charge in [0, 0.05) is 0 Å². The predicted molar refractivity (Wildman–Crippen MR) is 69.7 cm³/mol. The van der Waals surface area contributed by atoms with Crippen LogP contribution in [-0.4, -0.2) is 35.4 Å². The van der Waals surface area contributed by atoms with Crippen LogP contribution in [0.15, 0.2) is 24.3 Å². The second-order valence-corrected chi connectivity index (χ2v) is 5.25. The molecule has 3 atom stereocenters. The van der Waals surface area contributed by atoms with E-state index >= 15 is 0 Å². The van der Waals surface area contributed by atoms with Crippen LogP contribution in [0.3, 0.4) is 0 Å². The molecule has 2 saturated heterocycles. The van der Waals surface area contributed by atoms with Gasteiger partial charge in [0.25, 0.3) is 0 Å². The Labute approximate surface area is 116 Å². The van der Waals surface area contributed by atoms with Crippen molar-refractivity contribution in [3.05, 3.63) is 35.4 Å². The lowest BCUT2D eigenvalue weighted by Gasteiger charge is -2.29. The molecule has 5 nitrogen and oxygen atoms in total. The second kappa shape index (κ2) is 5.25. The molecule has 2 heterocycles. The molecule has 5 heteroatoms. The Hall–Kier alpha value is -1.88. The monoisotopic (exact) mass is 276 g/mol. The zero-order chi connectivity index (χ0) is 14.1. The van der Waals surface area contributed by atoms with Gasteiger partial charge >= 0.3 is 11.9 Å². The van der Waals surface area contributed by atoms with E-state index < -0.39 is 11.9 Å². The summed E-state index contributed by atoms with van der Waals surface area (Å²) in [5.41, 5.74) is 0.0682. The van der Waals surface area contributed by atoms with Gasteiger partial charge in [-0.2, -0.15) is 0 Å². The number of hydrogen-bond donors (Lipinski definition) is 1. The van der Waals surface area contributed by atoms with E-state index in [0.29, 0.717) is 6.10 Å². The number of ether oxygens (including phenoxy) is 2. The van der Waals surface area contributed by atoms with Gasteiger partial charge in [0.1, 0.15) is 6.10 Å². The Kier molecular flexibility index (Phi) is 3.44. The molecule has 1 aromatic rings. The third-order valence-corrected chi connectivity index (χ3v) is 3.96. The molecular weight excluding hydrogens is 260 g/mol. The van der Waals surface area contributed by atoms with Crippen LogP contribution in [0.4, 0.5) is 0 Å². The third-order valence-electron chi connectivity index (χ3n) is 3.96. The highest BCUT2D eigenvalue weighted by Gasteiger charge is 2.39. The van der Waals surface area contributed by atoms with E-state index in [0.717, 1.165) is 25.7 Å². The van der Waals surface area contributed by atoms with Gasteiger partial charge in [-0.25, -0.2) is 9.59 Å². The first-order valence-corrected chi connectivity index (χ1v) is 6.84. The molecule has 0 spiro atoms. The molecule has 0 amide bonds. The van der Waals surface area contributed by atoms with E-state index in [-0.39, 0.29) is 23.3 Å². The maximum Gasteiger partial charge on any atom is 0.339 e. The summed E-state index contributed by atoms with van der Waals surface area (Å²) >= 11 is 0. The summed E-state index contributed by atoms with van der Waals surface area (Å²) in [4.78, 5) is 23.3. The van der Waals surface area contributed by atoms with Gasteiger partial charge < -0.3 is 14.6 Å². The highest BCUT2D eigenvalue weighted by Crippen LogP contribution is 2.34. The van der Waals surface area contributed by atoms with E-state index in [1.807, 2.05) is 0 Å². The van der Waals surface area contributed by atoms with Crippen molar-refractivity contribution < 1.29 is 24.2 Å². The lowest BCUT2D eigenvalue weighted by molar-refractivity contribution is -0.0842. The average molecular weight is 276 g/mol. The first kappa shape index (κ1) is 13.1. The van der Waals surface area contributed by atoms with Crippen LogP contribution < -0.4 is 0 Å². The summed E-state index contributed by atoms with van der Waals surface area (Å²) in [7, 11) is 0. The number of fused-ring (bicyclic) bond motifs is 2. The Morgan fingerprint density at radius 3 is 2.55 bits per heavy atom. The lowest BCUT2D eigenvalue weighted by atomic mass is 10.1. The first-order chi connectivity index (χ1) is 9.65. The second-order valence-electron chi connectivity index (χ2n) is 5.25. The highest BCUT2D eigenvalue weighted by molar-refractivity contribution is 6.02. The molecule has 3 rings (SSSR count). The van der Waals surface area contributed by atoms with Gasteiger partial charge in [-0.3, -0.25) is 0 Å². The maximum absolute atomic E-state index is 12.2. The normalized spacial score (nSPS) is 28.1. The van der Waals surface area contributed by atoms with Crippen molar-refractivity contribution >= 4 is 11.9 Å². The Morgan fingerprint density at radius 2 is 1.80 bits per heavy atom. The molecule has 1 aromatic carbocycles. The summed E-state index contributed by atoms with van der Waals surface area (Å²) in [5.74, 6) is -1.71. The summed E-state index contributed by atoms with van der Waals surface area (Å²) < 4.78 is 11.2. The molecule has 2 bridgehead atoms. The van der Waals surface area contributed by atoms with E-state index in [9.17, 15) is 9.59 Å². The molecule has 0 saturated carbocycles. The Bertz CT molecular complexity index is 539. The minimum Gasteiger partial charge on any atom is -0.478 e. The number of hydrogen-bond acceptors (Lipinski definition) is 4. The molecule has 106 valence electrons. The van der Waals surface area contributed by atoms with Gasteiger partial charge in [-0.1, -0.05) is 12.1 Å². The fourth-order valence-electron chi connectivity index (χ4n) is 2.94. The largest absolute Gasteiger partial charge is 0.478 e. The van der Waals surface area contributed by atoms with Crippen LogP contribution >= 0.6 is 0 Å². The SMILES string of the molecule is O=C(O)c1ccccc1C(=O)O[C@H]1CC[C@H]2CC[C@H]1O2. The quantitative estimate of drug-likeness (QED) is 0.857. The Morgan fingerprint density at radius 1 is 1.10 bits per heavy atom. The van der Waals surface area contributed by atoms with Gasteiger partial charge in [0.05, 0.1) is 23.3 Å². The molecule has 0 aliphatic carbocycles. The van der Waals surface area contributed by atoms with E-state index in [4.69, 9.17) is 14.6 Å². The lowest BCUT2D eigenvalue weighted by Crippen LogP contribution is -2.36. The van der Waals surface area contributed by atoms with Crippen LogP contribution in [0, 0.1) is 0 Å². The minimum atomic E-state index is -1.13. The van der Waals surface area contributed by atoms with Crippen molar-refractivity contribution in [1.29, 1.82) is 0 Å². The molecule has 0 radical (unpaired) electrons. The van der Waals surface area contributed by atoms with Crippen LogP contribution in [0.2, 0.25) is 0 Å². The van der Waals surface area contributed by atoms with Crippen molar-refractivity contribution in [3.8, 4) is 0 Å². The molecule has 2 fully saturated rings. The minimum absolute atomic E-state index is 0.0291. The van der Waals surface area contributed by atoms with E-state index in [1.54, 1.807) is 12.1 Å². The van der Waals surface area contributed by atoms with E-state index in [1.165, 1.54) is 12.1 Å². The van der Waals surface area contributed by atoms with Crippen molar-refractivity contribution in [1.82, 2.24) is 0 Å². The number of carbonyl (C=O) groups is 2. The molecular formula is C15H16O5. The third kappa shape index (κ3) is 2.41. The number of carbonyl (C=O) groups excluding carboxylic acids is 1. The number of carboxylic acids is 1. The standard InChI is InChI=1S/C15H16O5/c16-14(17)10-3-1-2-4-11(10)15(18)20-13-8-6-9-5-7-12(13)19-9/h1-4,9,12-13H,5-8H2,(H,16,17)/t9-,12-,13+/m1/s1. The zero-order valence-corrected chi connectivity index (χ0v) is 11.0. The number of aromatic carboxylic acids is 1. The smallest absolute Gasteiger partial charge is 0.339 e. The fraction of sp³-hybridized carbons (Fsp3) is 0.467. The van der Waals surface area contributed by atoms with Gasteiger partial charge in [-0.05, 0) is 37.8 Å². The molecule has 2 aliphatic heterocycles. The van der Waals surface area contributed by atoms with E-state index in [2.05, 4.69) is 0 Å². The van der Waals surface area contributed by atoms with Crippen LogP contribution in [0.25, 0.3) is 0 Å². The van der Waals surface area contributed by atoms with Crippen LogP contribution in [0.1, 0.15) is 46.4 Å². The summed E-state index contributed by atoms with van der Waals surface area (Å²) in [6.07, 6.45) is 3.62. The van der Waals surface area contributed by atoms with Gasteiger partial charge in [-0.15, -0.1) is 0 Å². The molecule has 0 aromatic heterocycles. The van der Waals surface area contributed by atoms with Crippen molar-refractivity contribution in [2.24, 2.45) is 0 Å². The van der Waals surface area contributed by atoms with Crippen molar-refractivity contribution in [3.63, 3.8) is 0 Å². The van der Waals surface area contributed by atoms with Crippen molar-refractivity contribution in [2.45, 2.75) is 44.0 Å². The summed E-state index contributed by atoms with van der Waals surface area (Å²) in [5, 5.41) is 9.09. The zero-order valence-electron chi connectivity index (χ0n) is 11.0. The number of esters is 1. The fourth-order valence-corrected chi connectivity index (χ4v) is 2.94. The average Bonchev–Trinajstić information content (AvgIpc) is 2.84. The molecule has 2 aliphatic rings. The summed E-state index contributed by atoms with van der Waals surface area (Å²) in [6.45, 7) is 0. The van der Waals surface area contributed by atoms with Gasteiger partial charge in [0.2, 0.25) is 0 Å². The highest BCUT2D eigenvalue weighted by atomic mass is 16.6.